The van der Waals surface area contributed by atoms with Crippen LogP contribution in [0, 0.1) is 11.6 Å². The largest absolute Gasteiger partial charge is 0.375 e. The molecule has 24 heavy (non-hydrogen) atoms. The summed E-state index contributed by atoms with van der Waals surface area (Å²) in [5.74, 6) is -2.29. The minimum atomic E-state index is -1.04. The van der Waals surface area contributed by atoms with Gasteiger partial charge in [-0.15, -0.1) is 0 Å². The Bertz CT molecular complexity index is 589. The number of rotatable bonds is 5. The molecule has 2 unspecified atom stereocenters. The molecule has 5 nitrogen and oxygen atoms in total. The molecule has 0 spiro atoms. The molecule has 2 atom stereocenters. The third-order valence-corrected chi connectivity index (χ3v) is 4.05. The highest BCUT2D eigenvalue weighted by atomic mass is 19.1. The van der Waals surface area contributed by atoms with Crippen molar-refractivity contribution in [1.29, 1.82) is 0 Å². The van der Waals surface area contributed by atoms with Crippen LogP contribution in [0.3, 0.4) is 0 Å². The Morgan fingerprint density at radius 3 is 2.62 bits per heavy atom. The van der Waals surface area contributed by atoms with E-state index in [0.29, 0.717) is 19.7 Å². The van der Waals surface area contributed by atoms with Crippen molar-refractivity contribution in [3.05, 3.63) is 35.4 Å². The third kappa shape index (κ3) is 4.50. The summed E-state index contributed by atoms with van der Waals surface area (Å²) in [4.78, 5) is 25.5. The topological polar surface area (TPSA) is 58.6 Å². The van der Waals surface area contributed by atoms with Crippen molar-refractivity contribution in [3.8, 4) is 0 Å². The molecule has 1 aromatic carbocycles. The summed E-state index contributed by atoms with van der Waals surface area (Å²) in [6.45, 7) is 4.53. The molecular formula is C17H22F2N2O3. The van der Waals surface area contributed by atoms with Crippen molar-refractivity contribution in [1.82, 2.24) is 10.2 Å². The number of carbonyl (C=O) groups excluding carboxylic acids is 2. The molecule has 1 saturated heterocycles. The molecule has 1 heterocycles. The zero-order valence-corrected chi connectivity index (χ0v) is 13.9. The molecule has 1 aromatic rings. The van der Waals surface area contributed by atoms with E-state index in [0.717, 1.165) is 18.6 Å². The fraction of sp³-hybridized carbons (Fsp3) is 0.529. The van der Waals surface area contributed by atoms with Crippen LogP contribution < -0.4 is 5.32 Å². The van der Waals surface area contributed by atoms with E-state index in [2.05, 4.69) is 5.32 Å². The fourth-order valence-corrected chi connectivity index (χ4v) is 2.81. The minimum absolute atomic E-state index is 0.0351. The van der Waals surface area contributed by atoms with Gasteiger partial charge in [0.25, 0.3) is 0 Å². The summed E-state index contributed by atoms with van der Waals surface area (Å²) < 4.78 is 33.6. The predicted molar refractivity (Wildman–Crippen MR) is 84.1 cm³/mol. The Morgan fingerprint density at radius 1 is 1.38 bits per heavy atom. The number of benzene rings is 1. The van der Waals surface area contributed by atoms with E-state index >= 15 is 0 Å². The summed E-state index contributed by atoms with van der Waals surface area (Å²) in [6.07, 6.45) is 0.543. The van der Waals surface area contributed by atoms with Crippen LogP contribution in [-0.2, 0) is 14.3 Å². The maximum Gasteiger partial charge on any atom is 0.225 e. The number of carbonyl (C=O) groups is 2. The van der Waals surface area contributed by atoms with Gasteiger partial charge in [0.05, 0.1) is 25.2 Å². The molecule has 2 rings (SSSR count). The lowest BCUT2D eigenvalue weighted by Gasteiger charge is -2.33. The van der Waals surface area contributed by atoms with E-state index < -0.39 is 23.6 Å². The molecule has 1 aliphatic heterocycles. The van der Waals surface area contributed by atoms with Gasteiger partial charge in [0, 0.05) is 25.6 Å². The third-order valence-electron chi connectivity index (χ3n) is 4.05. The number of hydrogen-bond acceptors (Lipinski definition) is 3. The fourth-order valence-electron chi connectivity index (χ4n) is 2.81. The number of nitrogens with one attached hydrogen (secondary N) is 1. The van der Waals surface area contributed by atoms with E-state index in [1.807, 2.05) is 6.92 Å². The summed E-state index contributed by atoms with van der Waals surface area (Å²) in [7, 11) is 0. The average molecular weight is 340 g/mol. The molecule has 0 radical (unpaired) electrons. The lowest BCUT2D eigenvalue weighted by Crippen LogP contribution is -2.46. The van der Waals surface area contributed by atoms with Crippen LogP contribution >= 0.6 is 0 Å². The van der Waals surface area contributed by atoms with E-state index in [-0.39, 0.29) is 24.0 Å². The van der Waals surface area contributed by atoms with Gasteiger partial charge in [-0.1, -0.05) is 13.0 Å². The normalized spacial score (nSPS) is 19.0. The molecule has 2 amide bonds. The van der Waals surface area contributed by atoms with Gasteiger partial charge in [-0.3, -0.25) is 9.59 Å². The molecule has 132 valence electrons. The summed E-state index contributed by atoms with van der Waals surface area (Å²) >= 11 is 0. The van der Waals surface area contributed by atoms with Crippen molar-refractivity contribution in [3.63, 3.8) is 0 Å². The van der Waals surface area contributed by atoms with Crippen LogP contribution in [0.25, 0.3) is 0 Å². The molecule has 0 aliphatic carbocycles. The standard InChI is InChI=1S/C17H22F2N2O3/c1-3-12-10-21(7-8-24-12)16(23)9-15(20-11(2)22)17-13(18)5-4-6-14(17)19/h4-6,12,15H,3,7-10H2,1-2H3,(H,20,22). The Balaban J connectivity index is 2.17. The smallest absolute Gasteiger partial charge is 0.225 e. The average Bonchev–Trinajstić information content (AvgIpc) is 2.54. The number of hydrogen-bond donors (Lipinski definition) is 1. The van der Waals surface area contributed by atoms with E-state index in [4.69, 9.17) is 4.74 Å². The first-order valence-corrected chi connectivity index (χ1v) is 8.02. The Morgan fingerprint density at radius 2 is 2.04 bits per heavy atom. The van der Waals surface area contributed by atoms with Gasteiger partial charge in [0.15, 0.2) is 0 Å². The lowest BCUT2D eigenvalue weighted by molar-refractivity contribution is -0.139. The molecule has 7 heteroatoms. The Kier molecular flexibility index (Phi) is 6.25. The molecule has 0 saturated carbocycles. The van der Waals surface area contributed by atoms with Gasteiger partial charge in [-0.2, -0.15) is 0 Å². The quantitative estimate of drug-likeness (QED) is 0.894. The zero-order valence-electron chi connectivity index (χ0n) is 13.9. The van der Waals surface area contributed by atoms with Crippen LogP contribution in [0.2, 0.25) is 0 Å². The molecule has 1 fully saturated rings. The number of ether oxygens (including phenoxy) is 1. The molecule has 1 aliphatic rings. The highest BCUT2D eigenvalue weighted by molar-refractivity contribution is 5.79. The number of morpholine rings is 1. The van der Waals surface area contributed by atoms with Crippen molar-refractivity contribution < 1.29 is 23.1 Å². The van der Waals surface area contributed by atoms with E-state index in [1.54, 1.807) is 4.90 Å². The summed E-state index contributed by atoms with van der Waals surface area (Å²) in [5, 5.41) is 2.48. The highest BCUT2D eigenvalue weighted by Crippen LogP contribution is 2.25. The first kappa shape index (κ1) is 18.3. The SMILES string of the molecule is CCC1CN(C(=O)CC(NC(C)=O)c2c(F)cccc2F)CCO1. The number of nitrogens with zero attached hydrogens (tertiary/aromatic N) is 1. The maximum absolute atomic E-state index is 14.0. The Labute approximate surface area is 140 Å². The van der Waals surface area contributed by atoms with Gasteiger partial charge in [-0.25, -0.2) is 8.78 Å². The maximum atomic E-state index is 14.0. The monoisotopic (exact) mass is 340 g/mol. The van der Waals surface area contributed by atoms with Gasteiger partial charge < -0.3 is 15.0 Å². The summed E-state index contributed by atoms with van der Waals surface area (Å²) in [5.41, 5.74) is -0.290. The van der Waals surface area contributed by atoms with Gasteiger partial charge in [-0.05, 0) is 18.6 Å². The minimum Gasteiger partial charge on any atom is -0.375 e. The molecule has 1 N–H and O–H groups in total. The van der Waals surface area contributed by atoms with Crippen LogP contribution in [0.5, 0.6) is 0 Å². The molecule has 0 bridgehead atoms. The van der Waals surface area contributed by atoms with Crippen LogP contribution in [0.4, 0.5) is 8.78 Å². The van der Waals surface area contributed by atoms with Gasteiger partial charge >= 0.3 is 0 Å². The van der Waals surface area contributed by atoms with Crippen LogP contribution in [-0.4, -0.2) is 42.5 Å². The van der Waals surface area contributed by atoms with E-state index in [9.17, 15) is 18.4 Å². The van der Waals surface area contributed by atoms with Gasteiger partial charge in [0.1, 0.15) is 11.6 Å². The second-order valence-electron chi connectivity index (χ2n) is 5.83. The van der Waals surface area contributed by atoms with Crippen molar-refractivity contribution in [2.24, 2.45) is 0 Å². The van der Waals surface area contributed by atoms with Crippen molar-refractivity contribution in [2.45, 2.75) is 38.8 Å². The van der Waals surface area contributed by atoms with Crippen LogP contribution in [0.15, 0.2) is 18.2 Å². The van der Waals surface area contributed by atoms with Gasteiger partial charge in [0.2, 0.25) is 11.8 Å². The van der Waals surface area contributed by atoms with Crippen LogP contribution in [0.1, 0.15) is 38.3 Å². The van der Waals surface area contributed by atoms with Crippen molar-refractivity contribution in [2.75, 3.05) is 19.7 Å². The number of halogens is 2. The predicted octanol–water partition coefficient (Wildman–Crippen LogP) is 2.17. The summed E-state index contributed by atoms with van der Waals surface area (Å²) in [6, 6.07) is 2.42. The zero-order chi connectivity index (χ0) is 17.7. The van der Waals surface area contributed by atoms with E-state index in [1.165, 1.54) is 13.0 Å². The van der Waals surface area contributed by atoms with Crippen molar-refractivity contribution >= 4 is 11.8 Å². The number of amides is 2. The first-order valence-electron chi connectivity index (χ1n) is 8.02. The molecule has 0 aromatic heterocycles. The second-order valence-corrected chi connectivity index (χ2v) is 5.83. The second kappa shape index (κ2) is 8.19. The first-order chi connectivity index (χ1) is 11.4. The Hall–Kier alpha value is -2.02. The lowest BCUT2D eigenvalue weighted by atomic mass is 10.0. The molecular weight excluding hydrogens is 318 g/mol. The highest BCUT2D eigenvalue weighted by Gasteiger charge is 2.28.